The van der Waals surface area contributed by atoms with Crippen LogP contribution in [0.1, 0.15) is 5.76 Å². The number of aromatic nitrogens is 3. The first kappa shape index (κ1) is 21.8. The number of carbonyl (C=O) groups is 1. The van der Waals surface area contributed by atoms with Gasteiger partial charge in [-0.15, -0.1) is 10.2 Å². The van der Waals surface area contributed by atoms with Crippen LogP contribution in [-0.2, 0) is 11.3 Å². The monoisotopic (exact) mass is 492 g/mol. The molecule has 2 aromatic carbocycles. The van der Waals surface area contributed by atoms with Crippen molar-refractivity contribution >= 4 is 58.2 Å². The van der Waals surface area contributed by atoms with Gasteiger partial charge in [0.05, 0.1) is 33.6 Å². The molecule has 10 heteroatoms. The Kier molecular flexibility index (Phi) is 6.87. The lowest BCUT2D eigenvalue weighted by molar-refractivity contribution is -0.113. The van der Waals surface area contributed by atoms with Crippen molar-refractivity contribution < 1.29 is 9.21 Å². The van der Waals surface area contributed by atoms with Crippen LogP contribution < -0.4 is 5.32 Å². The molecule has 2 aromatic heterocycles. The molecule has 0 aliphatic carbocycles. The minimum absolute atomic E-state index is 0.124. The highest BCUT2D eigenvalue weighted by Gasteiger charge is 2.18. The lowest BCUT2D eigenvalue weighted by Gasteiger charge is -2.10. The molecule has 0 saturated carbocycles. The van der Waals surface area contributed by atoms with E-state index < -0.39 is 0 Å². The number of carbonyl (C=O) groups excluding carboxylic acids is 1. The van der Waals surface area contributed by atoms with Crippen molar-refractivity contribution in [2.45, 2.75) is 11.7 Å². The predicted octanol–water partition coefficient (Wildman–Crippen LogP) is 6.28. The van der Waals surface area contributed by atoms with Crippen LogP contribution in [0.15, 0.2) is 70.4 Å². The second-order valence-corrected chi connectivity index (χ2v) is 8.58. The summed E-state index contributed by atoms with van der Waals surface area (Å²) in [6, 6.07) is 16.0. The average Bonchev–Trinajstić information content (AvgIpc) is 3.40. The molecule has 0 aliphatic heterocycles. The van der Waals surface area contributed by atoms with Gasteiger partial charge in [0, 0.05) is 11.3 Å². The van der Waals surface area contributed by atoms with E-state index in [1.54, 1.807) is 30.5 Å². The first-order valence-electron chi connectivity index (χ1n) is 9.09. The fourth-order valence-corrected chi connectivity index (χ4v) is 4.10. The molecule has 158 valence electrons. The molecule has 0 bridgehead atoms. The number of rotatable bonds is 7. The largest absolute Gasteiger partial charge is 0.467 e. The fourth-order valence-electron chi connectivity index (χ4n) is 2.84. The Hall–Kier alpha value is -2.45. The molecule has 0 spiro atoms. The normalized spacial score (nSPS) is 10.9. The summed E-state index contributed by atoms with van der Waals surface area (Å²) in [6.07, 6.45) is 1.60. The van der Waals surface area contributed by atoms with Gasteiger partial charge in [-0.2, -0.15) is 0 Å². The van der Waals surface area contributed by atoms with Crippen LogP contribution in [0.4, 0.5) is 5.69 Å². The Bertz CT molecular complexity index is 1210. The van der Waals surface area contributed by atoms with Crippen LogP contribution in [-0.4, -0.2) is 26.4 Å². The maximum Gasteiger partial charge on any atom is 0.234 e. The number of hydrogen-bond acceptors (Lipinski definition) is 5. The second-order valence-electron chi connectivity index (χ2n) is 6.42. The molecule has 4 rings (SSSR count). The van der Waals surface area contributed by atoms with Gasteiger partial charge in [0.1, 0.15) is 5.76 Å². The van der Waals surface area contributed by atoms with Gasteiger partial charge in [0.15, 0.2) is 11.0 Å². The minimum Gasteiger partial charge on any atom is -0.467 e. The van der Waals surface area contributed by atoms with E-state index in [-0.39, 0.29) is 11.7 Å². The topological polar surface area (TPSA) is 73.0 Å². The smallest absolute Gasteiger partial charge is 0.234 e. The summed E-state index contributed by atoms with van der Waals surface area (Å²) in [5, 5.41) is 13.3. The summed E-state index contributed by atoms with van der Waals surface area (Å²) in [6.45, 7) is 0.400. The van der Waals surface area contributed by atoms with Crippen molar-refractivity contribution in [3.63, 3.8) is 0 Å². The Morgan fingerprint density at radius 1 is 1.00 bits per heavy atom. The highest BCUT2D eigenvalue weighted by Crippen LogP contribution is 2.30. The quantitative estimate of drug-likeness (QED) is 0.307. The van der Waals surface area contributed by atoms with Gasteiger partial charge >= 0.3 is 0 Å². The van der Waals surface area contributed by atoms with Gasteiger partial charge in [-0.1, -0.05) is 58.7 Å². The number of thioether (sulfide) groups is 1. The number of benzene rings is 2. The van der Waals surface area contributed by atoms with E-state index in [9.17, 15) is 4.79 Å². The molecular weight excluding hydrogens is 479 g/mol. The first-order valence-corrected chi connectivity index (χ1v) is 11.2. The molecule has 2 heterocycles. The van der Waals surface area contributed by atoms with Gasteiger partial charge in [-0.05, 0) is 42.5 Å². The molecule has 6 nitrogen and oxygen atoms in total. The molecular formula is C21H15Cl3N4O2S. The predicted molar refractivity (Wildman–Crippen MR) is 124 cm³/mol. The zero-order valence-corrected chi connectivity index (χ0v) is 19.0. The zero-order chi connectivity index (χ0) is 21.8. The second kappa shape index (κ2) is 9.78. The van der Waals surface area contributed by atoms with Gasteiger partial charge < -0.3 is 9.73 Å². The lowest BCUT2D eigenvalue weighted by Crippen LogP contribution is -2.14. The molecule has 1 N–H and O–H groups in total. The van der Waals surface area contributed by atoms with E-state index in [0.29, 0.717) is 38.3 Å². The van der Waals surface area contributed by atoms with Crippen LogP contribution in [0.5, 0.6) is 0 Å². The van der Waals surface area contributed by atoms with E-state index in [1.165, 1.54) is 11.8 Å². The van der Waals surface area contributed by atoms with Crippen molar-refractivity contribution in [1.29, 1.82) is 0 Å². The molecule has 0 unspecified atom stereocenters. The van der Waals surface area contributed by atoms with Crippen LogP contribution >= 0.6 is 46.6 Å². The fraction of sp³-hybridized carbons (Fsp3) is 0.0952. The summed E-state index contributed by atoms with van der Waals surface area (Å²) in [5.74, 6) is 1.24. The maximum atomic E-state index is 12.4. The summed E-state index contributed by atoms with van der Waals surface area (Å²) in [5.41, 5.74) is 1.31. The Morgan fingerprint density at radius 3 is 2.58 bits per heavy atom. The van der Waals surface area contributed by atoms with Crippen molar-refractivity contribution in [1.82, 2.24) is 14.8 Å². The van der Waals surface area contributed by atoms with Crippen molar-refractivity contribution in [2.75, 3.05) is 11.1 Å². The summed E-state index contributed by atoms with van der Waals surface area (Å²) < 4.78 is 7.36. The maximum absolute atomic E-state index is 12.4. The number of halogens is 3. The van der Waals surface area contributed by atoms with Gasteiger partial charge in [-0.25, -0.2) is 0 Å². The van der Waals surface area contributed by atoms with E-state index in [4.69, 9.17) is 39.2 Å². The third kappa shape index (κ3) is 5.25. The Labute approximate surface area is 197 Å². The minimum atomic E-state index is -0.213. The number of furan rings is 1. The highest BCUT2D eigenvalue weighted by atomic mass is 35.5. The van der Waals surface area contributed by atoms with E-state index in [0.717, 1.165) is 11.3 Å². The molecule has 1 amide bonds. The van der Waals surface area contributed by atoms with Gasteiger partial charge in [0.25, 0.3) is 0 Å². The van der Waals surface area contributed by atoms with Gasteiger partial charge in [0.2, 0.25) is 5.91 Å². The van der Waals surface area contributed by atoms with Crippen molar-refractivity contribution in [2.24, 2.45) is 0 Å². The van der Waals surface area contributed by atoms with Crippen LogP contribution in [0.3, 0.4) is 0 Å². The standard InChI is InChI=1S/C21H15Cl3N4O2S/c22-16-6-2-1-5-15(16)20-26-27-21(28(20)11-14-4-3-9-30-14)31-12-19(29)25-13-7-8-17(23)18(24)10-13/h1-10H,11-12H2,(H,25,29). The molecule has 0 radical (unpaired) electrons. The molecule has 0 atom stereocenters. The number of anilines is 1. The van der Waals surface area contributed by atoms with E-state index >= 15 is 0 Å². The van der Waals surface area contributed by atoms with Gasteiger partial charge in [-0.3, -0.25) is 9.36 Å². The average molecular weight is 494 g/mol. The van der Waals surface area contributed by atoms with E-state index in [1.807, 2.05) is 34.9 Å². The van der Waals surface area contributed by atoms with Crippen molar-refractivity contribution in [3.8, 4) is 11.4 Å². The summed E-state index contributed by atoms with van der Waals surface area (Å²) >= 11 is 19.5. The third-order valence-electron chi connectivity index (χ3n) is 4.26. The Balaban J connectivity index is 1.54. The summed E-state index contributed by atoms with van der Waals surface area (Å²) in [4.78, 5) is 12.4. The van der Waals surface area contributed by atoms with Crippen LogP contribution in [0.2, 0.25) is 15.1 Å². The van der Waals surface area contributed by atoms with Crippen LogP contribution in [0.25, 0.3) is 11.4 Å². The number of amides is 1. The SMILES string of the molecule is O=C(CSc1nnc(-c2ccccc2Cl)n1Cc1ccco1)Nc1ccc(Cl)c(Cl)c1. The molecule has 0 fully saturated rings. The number of nitrogens with zero attached hydrogens (tertiary/aromatic N) is 3. The highest BCUT2D eigenvalue weighted by molar-refractivity contribution is 7.99. The molecule has 4 aromatic rings. The summed E-state index contributed by atoms with van der Waals surface area (Å²) in [7, 11) is 0. The molecule has 0 aliphatic rings. The third-order valence-corrected chi connectivity index (χ3v) is 6.30. The van der Waals surface area contributed by atoms with Crippen LogP contribution in [0, 0.1) is 0 Å². The Morgan fingerprint density at radius 2 is 1.84 bits per heavy atom. The number of hydrogen-bond donors (Lipinski definition) is 1. The zero-order valence-electron chi connectivity index (χ0n) is 15.9. The van der Waals surface area contributed by atoms with E-state index in [2.05, 4.69) is 15.5 Å². The van der Waals surface area contributed by atoms with Crippen molar-refractivity contribution in [3.05, 3.63) is 81.7 Å². The lowest BCUT2D eigenvalue weighted by atomic mass is 10.2. The first-order chi connectivity index (χ1) is 15.0. The molecule has 0 saturated heterocycles. The molecule has 31 heavy (non-hydrogen) atoms. The number of nitrogens with one attached hydrogen (secondary N) is 1.